The molecule has 0 aliphatic carbocycles. The van der Waals surface area contributed by atoms with E-state index in [4.69, 9.17) is 9.47 Å². The molecule has 1 aromatic rings. The number of para-hydroxylation sites is 1. The lowest BCUT2D eigenvalue weighted by atomic mass is 10.1. The largest absolute Gasteiger partial charge is 0.493 e. The smallest absolute Gasteiger partial charge is 0.255 e. The molecule has 7 heteroatoms. The summed E-state index contributed by atoms with van der Waals surface area (Å²) in [5.74, 6) is 0.550. The SMILES string of the molecule is COc1cccc(C(=O)NC2CCS(=O)(=O)C2)c1OC. The van der Waals surface area contributed by atoms with Crippen LogP contribution in [0, 0.1) is 0 Å². The van der Waals surface area contributed by atoms with Gasteiger partial charge in [0.15, 0.2) is 21.3 Å². The minimum absolute atomic E-state index is 0.00890. The van der Waals surface area contributed by atoms with Crippen LogP contribution in [0.15, 0.2) is 18.2 Å². The van der Waals surface area contributed by atoms with Gasteiger partial charge in [0.1, 0.15) is 0 Å². The highest BCUT2D eigenvalue weighted by atomic mass is 32.2. The van der Waals surface area contributed by atoms with Crippen LogP contribution >= 0.6 is 0 Å². The van der Waals surface area contributed by atoms with Gasteiger partial charge in [-0.05, 0) is 18.6 Å². The van der Waals surface area contributed by atoms with E-state index in [1.165, 1.54) is 14.2 Å². The Morgan fingerprint density at radius 3 is 2.60 bits per heavy atom. The van der Waals surface area contributed by atoms with Gasteiger partial charge in [0, 0.05) is 6.04 Å². The van der Waals surface area contributed by atoms with Crippen LogP contribution in [0.25, 0.3) is 0 Å². The first-order valence-electron chi connectivity index (χ1n) is 6.19. The van der Waals surface area contributed by atoms with Crippen LogP contribution in [0.2, 0.25) is 0 Å². The first kappa shape index (κ1) is 14.6. The molecule has 0 aromatic heterocycles. The van der Waals surface area contributed by atoms with Crippen LogP contribution in [-0.2, 0) is 9.84 Å². The molecule has 0 saturated carbocycles. The number of hydrogen-bond acceptors (Lipinski definition) is 5. The number of carbonyl (C=O) groups excluding carboxylic acids is 1. The number of amides is 1. The number of rotatable bonds is 4. The molecular weight excluding hydrogens is 282 g/mol. The standard InChI is InChI=1S/C13H17NO5S/c1-18-11-5-3-4-10(12(11)19-2)13(15)14-9-6-7-20(16,17)8-9/h3-5,9H,6-8H2,1-2H3,(H,14,15). The van der Waals surface area contributed by atoms with E-state index < -0.39 is 9.84 Å². The fraction of sp³-hybridized carbons (Fsp3) is 0.462. The molecule has 1 amide bonds. The average molecular weight is 299 g/mol. The predicted octanol–water partition coefficient (Wildman–Crippen LogP) is 0.621. The molecule has 2 rings (SSSR count). The van der Waals surface area contributed by atoms with E-state index in [0.717, 1.165) is 0 Å². The quantitative estimate of drug-likeness (QED) is 0.881. The maximum atomic E-state index is 12.2. The highest BCUT2D eigenvalue weighted by molar-refractivity contribution is 7.91. The van der Waals surface area contributed by atoms with Crippen molar-refractivity contribution in [1.29, 1.82) is 0 Å². The molecule has 1 unspecified atom stereocenters. The van der Waals surface area contributed by atoms with Gasteiger partial charge in [-0.15, -0.1) is 0 Å². The van der Waals surface area contributed by atoms with Crippen LogP contribution in [0.5, 0.6) is 11.5 Å². The minimum Gasteiger partial charge on any atom is -0.493 e. The Morgan fingerprint density at radius 2 is 2.05 bits per heavy atom. The van der Waals surface area contributed by atoms with E-state index in [2.05, 4.69) is 5.32 Å². The molecule has 1 fully saturated rings. The summed E-state index contributed by atoms with van der Waals surface area (Å²) in [5, 5.41) is 2.72. The lowest BCUT2D eigenvalue weighted by molar-refractivity contribution is 0.0937. The number of hydrogen-bond donors (Lipinski definition) is 1. The average Bonchev–Trinajstić information content (AvgIpc) is 2.76. The third kappa shape index (κ3) is 3.04. The summed E-state index contributed by atoms with van der Waals surface area (Å²) in [6.45, 7) is 0. The lowest BCUT2D eigenvalue weighted by Gasteiger charge is -2.15. The molecule has 1 saturated heterocycles. The Morgan fingerprint density at radius 1 is 1.30 bits per heavy atom. The Labute approximate surface area is 118 Å². The highest BCUT2D eigenvalue weighted by Crippen LogP contribution is 2.30. The maximum absolute atomic E-state index is 12.2. The Kier molecular flexibility index (Phi) is 4.17. The first-order valence-corrected chi connectivity index (χ1v) is 8.01. The molecule has 1 N–H and O–H groups in total. The summed E-state index contributed by atoms with van der Waals surface area (Å²) in [5.41, 5.74) is 0.330. The van der Waals surface area contributed by atoms with Gasteiger partial charge in [-0.2, -0.15) is 0 Å². The number of ether oxygens (including phenoxy) is 2. The van der Waals surface area contributed by atoms with Gasteiger partial charge in [-0.25, -0.2) is 8.42 Å². The zero-order chi connectivity index (χ0) is 14.8. The topological polar surface area (TPSA) is 81.7 Å². The van der Waals surface area contributed by atoms with Crippen LogP contribution < -0.4 is 14.8 Å². The second kappa shape index (κ2) is 5.70. The van der Waals surface area contributed by atoms with Gasteiger partial charge < -0.3 is 14.8 Å². The Balaban J connectivity index is 2.18. The van der Waals surface area contributed by atoms with Crippen LogP contribution in [0.3, 0.4) is 0 Å². The van der Waals surface area contributed by atoms with E-state index in [1.807, 2.05) is 0 Å². The summed E-state index contributed by atoms with van der Waals surface area (Å²) >= 11 is 0. The van der Waals surface area contributed by atoms with Crippen LogP contribution in [0.4, 0.5) is 0 Å². The van der Waals surface area contributed by atoms with E-state index in [-0.39, 0.29) is 23.5 Å². The van der Waals surface area contributed by atoms with E-state index in [9.17, 15) is 13.2 Å². The monoisotopic (exact) mass is 299 g/mol. The number of nitrogens with one attached hydrogen (secondary N) is 1. The van der Waals surface area contributed by atoms with Gasteiger partial charge in [-0.1, -0.05) is 6.07 Å². The molecule has 20 heavy (non-hydrogen) atoms. The molecule has 6 nitrogen and oxygen atoms in total. The molecule has 0 radical (unpaired) electrons. The van der Waals surface area contributed by atoms with Crippen molar-refractivity contribution in [2.75, 3.05) is 25.7 Å². The summed E-state index contributed by atoms with van der Waals surface area (Å²) in [7, 11) is -0.0802. The fourth-order valence-electron chi connectivity index (χ4n) is 2.24. The van der Waals surface area contributed by atoms with Crippen LogP contribution in [0.1, 0.15) is 16.8 Å². The molecule has 0 spiro atoms. The van der Waals surface area contributed by atoms with Crippen molar-refractivity contribution in [3.63, 3.8) is 0 Å². The minimum atomic E-state index is -3.02. The van der Waals surface area contributed by atoms with Crippen molar-refractivity contribution in [1.82, 2.24) is 5.32 Å². The summed E-state index contributed by atoms with van der Waals surface area (Å²) in [4.78, 5) is 12.2. The van der Waals surface area contributed by atoms with Gasteiger partial charge in [0.25, 0.3) is 5.91 Å². The Bertz CT molecular complexity index is 611. The number of sulfone groups is 1. The van der Waals surface area contributed by atoms with E-state index in [0.29, 0.717) is 23.5 Å². The van der Waals surface area contributed by atoms with Crippen molar-refractivity contribution in [2.45, 2.75) is 12.5 Å². The van der Waals surface area contributed by atoms with E-state index >= 15 is 0 Å². The second-order valence-electron chi connectivity index (χ2n) is 4.61. The van der Waals surface area contributed by atoms with Gasteiger partial charge >= 0.3 is 0 Å². The molecular formula is C13H17NO5S. The first-order chi connectivity index (χ1) is 9.46. The molecule has 1 heterocycles. The molecule has 110 valence electrons. The van der Waals surface area contributed by atoms with Gasteiger partial charge in [-0.3, -0.25) is 4.79 Å². The number of carbonyl (C=O) groups is 1. The highest BCUT2D eigenvalue weighted by Gasteiger charge is 2.30. The summed E-state index contributed by atoms with van der Waals surface area (Å²) in [6, 6.07) is 4.64. The molecule has 1 atom stereocenters. The molecule has 0 bridgehead atoms. The third-order valence-corrected chi connectivity index (χ3v) is 4.98. The summed E-state index contributed by atoms with van der Waals surface area (Å²) < 4.78 is 33.1. The third-order valence-electron chi connectivity index (χ3n) is 3.22. The summed E-state index contributed by atoms with van der Waals surface area (Å²) in [6.07, 6.45) is 0.445. The normalized spacial score (nSPS) is 20.4. The Hall–Kier alpha value is -1.76. The van der Waals surface area contributed by atoms with Crippen molar-refractivity contribution >= 4 is 15.7 Å². The zero-order valence-electron chi connectivity index (χ0n) is 11.4. The number of benzene rings is 1. The van der Waals surface area contributed by atoms with Crippen molar-refractivity contribution in [3.8, 4) is 11.5 Å². The lowest BCUT2D eigenvalue weighted by Crippen LogP contribution is -2.35. The second-order valence-corrected chi connectivity index (χ2v) is 6.84. The van der Waals surface area contributed by atoms with Crippen LogP contribution in [-0.4, -0.2) is 46.1 Å². The van der Waals surface area contributed by atoms with Crippen molar-refractivity contribution < 1.29 is 22.7 Å². The number of methoxy groups -OCH3 is 2. The fourth-order valence-corrected chi connectivity index (χ4v) is 3.91. The van der Waals surface area contributed by atoms with Gasteiger partial charge in [0.05, 0.1) is 31.3 Å². The van der Waals surface area contributed by atoms with E-state index in [1.54, 1.807) is 18.2 Å². The maximum Gasteiger partial charge on any atom is 0.255 e. The molecule has 1 aliphatic heterocycles. The zero-order valence-corrected chi connectivity index (χ0v) is 12.2. The van der Waals surface area contributed by atoms with Gasteiger partial charge in [0.2, 0.25) is 0 Å². The molecule has 1 aliphatic rings. The predicted molar refractivity (Wildman–Crippen MR) is 74.1 cm³/mol. The van der Waals surface area contributed by atoms with Crippen molar-refractivity contribution in [3.05, 3.63) is 23.8 Å². The molecule has 1 aromatic carbocycles. The van der Waals surface area contributed by atoms with Crippen molar-refractivity contribution in [2.24, 2.45) is 0 Å².